The van der Waals surface area contributed by atoms with Gasteiger partial charge in [0.05, 0.1) is 0 Å². The van der Waals surface area contributed by atoms with Crippen LogP contribution in [-0.4, -0.2) is 17.0 Å². The van der Waals surface area contributed by atoms with Crippen LogP contribution < -0.4 is 10.6 Å². The fraction of sp³-hybridized carbons (Fsp3) is 0.286. The minimum Gasteiger partial charge on any atom is -0.368 e. The number of rotatable bonds is 3. The van der Waals surface area contributed by atoms with Gasteiger partial charge in [-0.15, -0.1) is 0 Å². The molecule has 0 amide bonds. The van der Waals surface area contributed by atoms with Crippen molar-refractivity contribution in [2.75, 3.05) is 17.7 Å². The second-order valence-electron chi connectivity index (χ2n) is 4.75. The third-order valence-electron chi connectivity index (χ3n) is 3.08. The largest absolute Gasteiger partial charge is 0.433 e. The Morgan fingerprint density at radius 1 is 1.19 bits per heavy atom. The second-order valence-corrected chi connectivity index (χ2v) is 4.75. The molecule has 0 fully saturated rings. The molecule has 0 saturated heterocycles. The second kappa shape index (κ2) is 5.59. The number of aryl methyl sites for hydroxylation is 1. The van der Waals surface area contributed by atoms with Gasteiger partial charge in [-0.3, -0.25) is 0 Å². The van der Waals surface area contributed by atoms with Gasteiger partial charge in [-0.1, -0.05) is 24.3 Å². The van der Waals surface area contributed by atoms with Gasteiger partial charge in [-0.2, -0.15) is 18.2 Å². The molecule has 2 N–H and O–H groups in total. The summed E-state index contributed by atoms with van der Waals surface area (Å²) >= 11 is 0. The fourth-order valence-electron chi connectivity index (χ4n) is 1.92. The Morgan fingerprint density at radius 2 is 1.86 bits per heavy atom. The zero-order chi connectivity index (χ0) is 15.6. The van der Waals surface area contributed by atoms with Gasteiger partial charge in [0.1, 0.15) is 5.82 Å². The number of nitrogens with two attached hydrogens (primary N) is 1. The van der Waals surface area contributed by atoms with E-state index in [4.69, 9.17) is 5.73 Å². The molecule has 2 aromatic rings. The van der Waals surface area contributed by atoms with Crippen LogP contribution in [0.2, 0.25) is 0 Å². The summed E-state index contributed by atoms with van der Waals surface area (Å²) in [6.45, 7) is 2.37. The highest BCUT2D eigenvalue weighted by atomic mass is 19.4. The quantitative estimate of drug-likeness (QED) is 0.946. The van der Waals surface area contributed by atoms with E-state index in [1.807, 2.05) is 31.2 Å². The summed E-state index contributed by atoms with van der Waals surface area (Å²) in [5, 5.41) is 0. The number of anilines is 2. The molecule has 1 heterocycles. The van der Waals surface area contributed by atoms with E-state index in [1.165, 1.54) is 0 Å². The topological polar surface area (TPSA) is 55.0 Å². The molecule has 0 aliphatic heterocycles. The predicted molar refractivity (Wildman–Crippen MR) is 74.7 cm³/mol. The van der Waals surface area contributed by atoms with Gasteiger partial charge in [-0.25, -0.2) is 4.98 Å². The Labute approximate surface area is 120 Å². The molecule has 0 atom stereocenters. The molecule has 1 aromatic carbocycles. The Kier molecular flexibility index (Phi) is 4.02. The summed E-state index contributed by atoms with van der Waals surface area (Å²) in [6, 6.07) is 8.54. The normalized spacial score (nSPS) is 11.5. The van der Waals surface area contributed by atoms with Gasteiger partial charge in [-0.05, 0) is 18.1 Å². The van der Waals surface area contributed by atoms with E-state index in [-0.39, 0.29) is 5.82 Å². The third kappa shape index (κ3) is 3.62. The molecule has 0 radical (unpaired) electrons. The molecule has 0 bridgehead atoms. The maximum Gasteiger partial charge on any atom is 0.433 e. The number of hydrogen-bond donors (Lipinski definition) is 1. The first-order valence-corrected chi connectivity index (χ1v) is 6.25. The van der Waals surface area contributed by atoms with Crippen LogP contribution in [-0.2, 0) is 12.7 Å². The molecular formula is C14H15F3N4. The van der Waals surface area contributed by atoms with Crippen molar-refractivity contribution in [1.82, 2.24) is 9.97 Å². The van der Waals surface area contributed by atoms with E-state index in [2.05, 4.69) is 9.97 Å². The van der Waals surface area contributed by atoms with Gasteiger partial charge >= 0.3 is 6.18 Å². The number of halogens is 3. The molecule has 0 unspecified atom stereocenters. The summed E-state index contributed by atoms with van der Waals surface area (Å²) in [4.78, 5) is 8.70. The molecule has 21 heavy (non-hydrogen) atoms. The summed E-state index contributed by atoms with van der Waals surface area (Å²) in [5.74, 6) is -0.255. The van der Waals surface area contributed by atoms with Crippen LogP contribution >= 0.6 is 0 Å². The lowest BCUT2D eigenvalue weighted by atomic mass is 10.1. The molecule has 4 nitrogen and oxygen atoms in total. The van der Waals surface area contributed by atoms with Crippen molar-refractivity contribution in [3.8, 4) is 0 Å². The van der Waals surface area contributed by atoms with Gasteiger partial charge in [0.2, 0.25) is 5.95 Å². The maximum atomic E-state index is 12.7. The molecule has 0 saturated carbocycles. The van der Waals surface area contributed by atoms with E-state index in [0.29, 0.717) is 6.54 Å². The molecule has 112 valence electrons. The molecular weight excluding hydrogens is 281 g/mol. The highest BCUT2D eigenvalue weighted by molar-refractivity contribution is 5.44. The minimum absolute atomic E-state index is 0.137. The average molecular weight is 296 g/mol. The lowest BCUT2D eigenvalue weighted by Gasteiger charge is -2.20. The summed E-state index contributed by atoms with van der Waals surface area (Å²) in [5.41, 5.74) is 6.39. The number of aromatic nitrogens is 2. The minimum atomic E-state index is -4.55. The first kappa shape index (κ1) is 15.1. The molecule has 0 aliphatic carbocycles. The van der Waals surface area contributed by atoms with Crippen molar-refractivity contribution in [2.24, 2.45) is 0 Å². The molecule has 0 spiro atoms. The fourth-order valence-corrected chi connectivity index (χ4v) is 1.92. The SMILES string of the molecule is Cc1ccccc1CN(C)c1cc(C(F)(F)F)nc(N)n1. The highest BCUT2D eigenvalue weighted by Crippen LogP contribution is 2.30. The zero-order valence-corrected chi connectivity index (χ0v) is 11.6. The van der Waals surface area contributed by atoms with Crippen molar-refractivity contribution in [1.29, 1.82) is 0 Å². The Bertz CT molecular complexity index is 640. The molecule has 0 aliphatic rings. The number of nitrogen functional groups attached to an aromatic ring is 1. The Morgan fingerprint density at radius 3 is 2.48 bits per heavy atom. The molecule has 1 aromatic heterocycles. The lowest BCUT2D eigenvalue weighted by molar-refractivity contribution is -0.141. The van der Waals surface area contributed by atoms with Crippen molar-refractivity contribution in [3.05, 3.63) is 47.2 Å². The van der Waals surface area contributed by atoms with Crippen LogP contribution in [0.15, 0.2) is 30.3 Å². The van der Waals surface area contributed by atoms with Gasteiger partial charge < -0.3 is 10.6 Å². The first-order valence-electron chi connectivity index (χ1n) is 6.25. The van der Waals surface area contributed by atoms with E-state index >= 15 is 0 Å². The van der Waals surface area contributed by atoms with Crippen LogP contribution in [0.1, 0.15) is 16.8 Å². The monoisotopic (exact) mass is 296 g/mol. The first-order chi connectivity index (χ1) is 9.77. The van der Waals surface area contributed by atoms with Crippen molar-refractivity contribution in [3.63, 3.8) is 0 Å². The smallest absolute Gasteiger partial charge is 0.368 e. The number of benzene rings is 1. The van der Waals surface area contributed by atoms with Crippen molar-refractivity contribution in [2.45, 2.75) is 19.6 Å². The van der Waals surface area contributed by atoms with Crippen molar-refractivity contribution < 1.29 is 13.2 Å². The van der Waals surface area contributed by atoms with Crippen LogP contribution in [0, 0.1) is 6.92 Å². The van der Waals surface area contributed by atoms with Crippen LogP contribution in [0.4, 0.5) is 24.9 Å². The zero-order valence-electron chi connectivity index (χ0n) is 11.6. The van der Waals surface area contributed by atoms with E-state index < -0.39 is 17.8 Å². The van der Waals surface area contributed by atoms with E-state index in [1.54, 1.807) is 11.9 Å². The van der Waals surface area contributed by atoms with Crippen LogP contribution in [0.25, 0.3) is 0 Å². The van der Waals surface area contributed by atoms with Gasteiger partial charge in [0.15, 0.2) is 5.69 Å². The Hall–Kier alpha value is -2.31. The summed E-state index contributed by atoms with van der Waals surface area (Å²) < 4.78 is 38.2. The molecule has 7 heteroatoms. The summed E-state index contributed by atoms with van der Waals surface area (Å²) in [7, 11) is 1.66. The Balaban J connectivity index is 2.29. The van der Waals surface area contributed by atoms with E-state index in [0.717, 1.165) is 17.2 Å². The summed E-state index contributed by atoms with van der Waals surface area (Å²) in [6.07, 6.45) is -4.55. The number of hydrogen-bond acceptors (Lipinski definition) is 4. The lowest BCUT2D eigenvalue weighted by Crippen LogP contribution is -2.21. The predicted octanol–water partition coefficient (Wildman–Crippen LogP) is 3.02. The molecule has 2 rings (SSSR count). The number of alkyl halides is 3. The standard InChI is InChI=1S/C14H15F3N4/c1-9-5-3-4-6-10(9)8-21(2)12-7-11(14(15,16)17)19-13(18)20-12/h3-7H,8H2,1-2H3,(H2,18,19,20). The maximum absolute atomic E-state index is 12.7. The average Bonchev–Trinajstić information content (AvgIpc) is 2.39. The highest BCUT2D eigenvalue weighted by Gasteiger charge is 2.33. The van der Waals surface area contributed by atoms with Crippen LogP contribution in [0.3, 0.4) is 0 Å². The third-order valence-corrected chi connectivity index (χ3v) is 3.08. The number of nitrogens with zero attached hydrogens (tertiary/aromatic N) is 3. The van der Waals surface area contributed by atoms with Crippen LogP contribution in [0.5, 0.6) is 0 Å². The van der Waals surface area contributed by atoms with Gasteiger partial charge in [0.25, 0.3) is 0 Å². The van der Waals surface area contributed by atoms with E-state index in [9.17, 15) is 13.2 Å². The van der Waals surface area contributed by atoms with Crippen molar-refractivity contribution >= 4 is 11.8 Å². The van der Waals surface area contributed by atoms with Gasteiger partial charge in [0, 0.05) is 19.7 Å².